The van der Waals surface area contributed by atoms with Gasteiger partial charge in [0.25, 0.3) is 0 Å². The highest BCUT2D eigenvalue weighted by Crippen LogP contribution is 2.52. The van der Waals surface area contributed by atoms with Gasteiger partial charge in [-0.25, -0.2) is 0 Å². The average Bonchev–Trinajstić information content (AvgIpc) is 3.07. The highest BCUT2D eigenvalue weighted by atomic mass is 35.5. The van der Waals surface area contributed by atoms with Crippen molar-refractivity contribution in [3.8, 4) is 5.75 Å². The summed E-state index contributed by atoms with van der Waals surface area (Å²) < 4.78 is 5.85. The maximum Gasteiger partial charge on any atom is 0.142 e. The van der Waals surface area contributed by atoms with Crippen molar-refractivity contribution in [2.45, 2.75) is 25.3 Å². The molecule has 24 heavy (non-hydrogen) atoms. The first kappa shape index (κ1) is 15.9. The van der Waals surface area contributed by atoms with E-state index in [9.17, 15) is 0 Å². The number of allylic oxidation sites excluding steroid dienone is 2. The fourth-order valence-electron chi connectivity index (χ4n) is 3.90. The van der Waals surface area contributed by atoms with Crippen LogP contribution in [0.25, 0.3) is 0 Å². The Morgan fingerprint density at radius 2 is 2.04 bits per heavy atom. The van der Waals surface area contributed by atoms with Crippen LogP contribution in [0.5, 0.6) is 5.75 Å². The van der Waals surface area contributed by atoms with Crippen LogP contribution in [0, 0.1) is 5.92 Å². The number of fused-ring (bicyclic) bond motifs is 3. The van der Waals surface area contributed by atoms with E-state index in [0.29, 0.717) is 28.5 Å². The van der Waals surface area contributed by atoms with Crippen molar-refractivity contribution in [2.24, 2.45) is 5.92 Å². The quantitative estimate of drug-likeness (QED) is 0.656. The molecule has 1 heterocycles. The van der Waals surface area contributed by atoms with Gasteiger partial charge in [0.2, 0.25) is 0 Å². The van der Waals surface area contributed by atoms with E-state index < -0.39 is 0 Å². The molecule has 0 bridgehead atoms. The first-order valence-electron chi connectivity index (χ1n) is 8.33. The number of rotatable bonds is 3. The SMILES string of the molecule is CCOc1cccc2c1N[C@H](c1ccc(Cl)c(Cl)c1)[C@H]1CC=C[C@@H]21. The largest absolute Gasteiger partial charge is 0.492 e. The Hall–Kier alpha value is -1.64. The number of para-hydroxylation sites is 1. The lowest BCUT2D eigenvalue weighted by atomic mass is 9.77. The second-order valence-electron chi connectivity index (χ2n) is 6.30. The zero-order valence-corrected chi connectivity index (χ0v) is 14.9. The Balaban J connectivity index is 1.79. The zero-order chi connectivity index (χ0) is 16.7. The van der Waals surface area contributed by atoms with Gasteiger partial charge in [-0.15, -0.1) is 0 Å². The minimum atomic E-state index is 0.189. The molecule has 4 heteroatoms. The molecule has 0 fully saturated rings. The molecule has 3 atom stereocenters. The van der Waals surface area contributed by atoms with Crippen LogP contribution in [0.1, 0.15) is 36.4 Å². The molecule has 2 nitrogen and oxygen atoms in total. The van der Waals surface area contributed by atoms with Gasteiger partial charge >= 0.3 is 0 Å². The van der Waals surface area contributed by atoms with Gasteiger partial charge in [-0.05, 0) is 48.6 Å². The van der Waals surface area contributed by atoms with Crippen LogP contribution in [-0.2, 0) is 0 Å². The molecule has 2 aliphatic rings. The molecule has 1 N–H and O–H groups in total. The highest BCUT2D eigenvalue weighted by Gasteiger charge is 2.39. The van der Waals surface area contributed by atoms with Crippen molar-refractivity contribution in [1.29, 1.82) is 0 Å². The first-order chi connectivity index (χ1) is 11.7. The molecule has 0 amide bonds. The first-order valence-corrected chi connectivity index (χ1v) is 9.08. The van der Waals surface area contributed by atoms with E-state index in [-0.39, 0.29) is 6.04 Å². The van der Waals surface area contributed by atoms with Crippen molar-refractivity contribution in [2.75, 3.05) is 11.9 Å². The van der Waals surface area contributed by atoms with Crippen molar-refractivity contribution in [1.82, 2.24) is 0 Å². The number of nitrogens with one attached hydrogen (secondary N) is 1. The fraction of sp³-hybridized carbons (Fsp3) is 0.300. The lowest BCUT2D eigenvalue weighted by molar-refractivity contribution is 0.337. The van der Waals surface area contributed by atoms with E-state index >= 15 is 0 Å². The molecular weight excluding hydrogens is 341 g/mol. The average molecular weight is 360 g/mol. The predicted molar refractivity (Wildman–Crippen MR) is 100 cm³/mol. The summed E-state index contributed by atoms with van der Waals surface area (Å²) in [5.74, 6) is 1.80. The summed E-state index contributed by atoms with van der Waals surface area (Å²) in [6.07, 6.45) is 5.66. The molecule has 1 aliphatic heterocycles. The van der Waals surface area contributed by atoms with Gasteiger partial charge in [0.15, 0.2) is 0 Å². The van der Waals surface area contributed by atoms with Crippen molar-refractivity contribution >= 4 is 28.9 Å². The van der Waals surface area contributed by atoms with Gasteiger partial charge in [0, 0.05) is 5.92 Å². The Bertz CT molecular complexity index is 802. The maximum atomic E-state index is 6.26. The lowest BCUT2D eigenvalue weighted by Crippen LogP contribution is -2.29. The molecule has 0 aromatic heterocycles. The zero-order valence-electron chi connectivity index (χ0n) is 13.4. The van der Waals surface area contributed by atoms with E-state index in [0.717, 1.165) is 17.9 Å². The van der Waals surface area contributed by atoms with Crippen LogP contribution >= 0.6 is 23.2 Å². The third-order valence-electron chi connectivity index (χ3n) is 4.96. The van der Waals surface area contributed by atoms with Crippen LogP contribution in [-0.4, -0.2) is 6.61 Å². The second kappa shape index (κ2) is 6.34. The van der Waals surface area contributed by atoms with E-state index in [4.69, 9.17) is 27.9 Å². The fourth-order valence-corrected chi connectivity index (χ4v) is 4.21. The number of ether oxygens (including phenoxy) is 1. The summed E-state index contributed by atoms with van der Waals surface area (Å²) in [5.41, 5.74) is 3.58. The monoisotopic (exact) mass is 359 g/mol. The van der Waals surface area contributed by atoms with Gasteiger partial charge in [0.1, 0.15) is 5.75 Å². The minimum absolute atomic E-state index is 0.189. The Morgan fingerprint density at radius 1 is 1.17 bits per heavy atom. The highest BCUT2D eigenvalue weighted by molar-refractivity contribution is 6.42. The summed E-state index contributed by atoms with van der Waals surface area (Å²) in [7, 11) is 0. The normalized spacial score (nSPS) is 24.2. The molecule has 0 spiro atoms. The van der Waals surface area contributed by atoms with Crippen LogP contribution in [0.3, 0.4) is 0 Å². The Labute approximate surface area is 152 Å². The molecule has 0 radical (unpaired) electrons. The van der Waals surface area contributed by atoms with Crippen LogP contribution in [0.4, 0.5) is 5.69 Å². The molecule has 4 rings (SSSR count). The number of anilines is 1. The molecule has 2 aromatic carbocycles. The van der Waals surface area contributed by atoms with Crippen molar-refractivity contribution in [3.05, 3.63) is 69.7 Å². The topological polar surface area (TPSA) is 21.3 Å². The summed E-state index contributed by atoms with van der Waals surface area (Å²) in [6, 6.07) is 12.4. The van der Waals surface area contributed by atoms with Crippen molar-refractivity contribution in [3.63, 3.8) is 0 Å². The van der Waals surface area contributed by atoms with E-state index in [1.165, 1.54) is 11.1 Å². The van der Waals surface area contributed by atoms with E-state index in [1.54, 1.807) is 0 Å². The molecule has 0 saturated heterocycles. The van der Waals surface area contributed by atoms with Crippen LogP contribution < -0.4 is 10.1 Å². The Morgan fingerprint density at radius 3 is 2.83 bits per heavy atom. The predicted octanol–water partition coefficient (Wildman–Crippen LogP) is 6.22. The van der Waals surface area contributed by atoms with E-state index in [2.05, 4.69) is 35.7 Å². The third kappa shape index (κ3) is 2.58. The summed E-state index contributed by atoms with van der Waals surface area (Å²) in [5, 5.41) is 4.91. The van der Waals surface area contributed by atoms with Gasteiger partial charge in [0.05, 0.1) is 28.4 Å². The Kier molecular flexibility index (Phi) is 4.19. The summed E-state index contributed by atoms with van der Waals surface area (Å²) >= 11 is 12.4. The van der Waals surface area contributed by atoms with Crippen LogP contribution in [0.15, 0.2) is 48.6 Å². The van der Waals surface area contributed by atoms with Gasteiger partial charge in [-0.3, -0.25) is 0 Å². The lowest BCUT2D eigenvalue weighted by Gasteiger charge is -2.38. The number of benzene rings is 2. The number of hydrogen-bond acceptors (Lipinski definition) is 2. The van der Waals surface area contributed by atoms with Gasteiger partial charge < -0.3 is 10.1 Å². The smallest absolute Gasteiger partial charge is 0.142 e. The number of hydrogen-bond donors (Lipinski definition) is 1. The third-order valence-corrected chi connectivity index (χ3v) is 5.70. The molecule has 2 aromatic rings. The van der Waals surface area contributed by atoms with E-state index in [1.807, 2.05) is 25.1 Å². The summed E-state index contributed by atoms with van der Waals surface area (Å²) in [4.78, 5) is 0. The maximum absolute atomic E-state index is 6.26. The van der Waals surface area contributed by atoms with Crippen molar-refractivity contribution < 1.29 is 4.74 Å². The van der Waals surface area contributed by atoms with Gasteiger partial charge in [-0.1, -0.05) is 53.6 Å². The number of halogens is 2. The standard InChI is InChI=1S/C20H19Cl2NO/c1-2-24-18-8-4-7-15-13-5-3-6-14(13)19(23-20(15)18)12-9-10-16(21)17(22)11-12/h3-5,7-11,13-14,19,23H,2,6H2,1H3/t13-,14+,19-/m1/s1. The molecule has 1 aliphatic carbocycles. The minimum Gasteiger partial charge on any atom is -0.492 e. The molecule has 0 unspecified atom stereocenters. The molecular formula is C20H19Cl2NO. The van der Waals surface area contributed by atoms with Crippen LogP contribution in [0.2, 0.25) is 10.0 Å². The van der Waals surface area contributed by atoms with Gasteiger partial charge in [-0.2, -0.15) is 0 Å². The molecule has 0 saturated carbocycles. The summed E-state index contributed by atoms with van der Waals surface area (Å²) in [6.45, 7) is 2.66. The second-order valence-corrected chi connectivity index (χ2v) is 7.12. The molecule has 124 valence electrons.